The normalized spacial score (nSPS) is 9.24. The van der Waals surface area contributed by atoms with Crippen LogP contribution in [0.1, 0.15) is 15.9 Å². The van der Waals surface area contributed by atoms with E-state index in [4.69, 9.17) is 15.6 Å². The molecule has 0 heterocycles. The summed E-state index contributed by atoms with van der Waals surface area (Å²) in [5.74, 6) is -0.783. The highest BCUT2D eigenvalue weighted by molar-refractivity contribution is 5.96. The highest BCUT2D eigenvalue weighted by atomic mass is 16.5. The van der Waals surface area contributed by atoms with E-state index in [1.165, 1.54) is 30.7 Å². The van der Waals surface area contributed by atoms with Crippen LogP contribution in [0.5, 0.6) is 0 Å². The number of rotatable bonds is 2. The van der Waals surface area contributed by atoms with Crippen molar-refractivity contribution in [2.24, 2.45) is 0 Å². The molecule has 0 fully saturated rings. The van der Waals surface area contributed by atoms with Gasteiger partial charge in [0.1, 0.15) is 6.07 Å². The molecule has 17 heavy (non-hydrogen) atoms. The lowest BCUT2D eigenvalue weighted by Crippen LogP contribution is -2.26. The highest BCUT2D eigenvalue weighted by Gasteiger charge is 2.15. The summed E-state index contributed by atoms with van der Waals surface area (Å²) >= 11 is 0. The van der Waals surface area contributed by atoms with Crippen molar-refractivity contribution in [3.05, 3.63) is 29.3 Å². The third kappa shape index (κ3) is 2.50. The molecule has 1 aromatic rings. The number of hydroxylamine groups is 1. The van der Waals surface area contributed by atoms with E-state index in [0.29, 0.717) is 0 Å². The highest BCUT2D eigenvalue weighted by Crippen LogP contribution is 2.20. The number of amides is 2. The minimum absolute atomic E-state index is 0.0506. The third-order valence-corrected chi connectivity index (χ3v) is 2.13. The maximum atomic E-state index is 11.1. The van der Waals surface area contributed by atoms with E-state index in [-0.39, 0.29) is 16.8 Å². The molecule has 7 nitrogen and oxygen atoms in total. The quantitative estimate of drug-likeness (QED) is 0.518. The number of nitrogens with zero attached hydrogens (tertiary/aromatic N) is 2. The molecule has 0 aliphatic rings. The molecule has 0 atom stereocenters. The zero-order chi connectivity index (χ0) is 13.0. The van der Waals surface area contributed by atoms with Gasteiger partial charge in [0.15, 0.2) is 0 Å². The van der Waals surface area contributed by atoms with Gasteiger partial charge in [-0.05, 0) is 18.2 Å². The van der Waals surface area contributed by atoms with Crippen LogP contribution in [0.4, 0.5) is 10.5 Å². The van der Waals surface area contributed by atoms with Gasteiger partial charge in [-0.25, -0.2) is 10.3 Å². The van der Waals surface area contributed by atoms with Gasteiger partial charge in [0.25, 0.3) is 5.91 Å². The first kappa shape index (κ1) is 12.5. The summed E-state index contributed by atoms with van der Waals surface area (Å²) in [7, 11) is 1.25. The van der Waals surface area contributed by atoms with Gasteiger partial charge in [-0.1, -0.05) is 0 Å². The summed E-state index contributed by atoms with van der Waals surface area (Å²) in [6, 6.07) is 5.64. The number of nitriles is 1. The maximum Gasteiger partial charge on any atom is 0.411 e. The maximum absolute atomic E-state index is 11.1. The fourth-order valence-electron chi connectivity index (χ4n) is 1.21. The molecule has 2 amide bonds. The molecule has 0 spiro atoms. The van der Waals surface area contributed by atoms with Crippen molar-refractivity contribution in [1.82, 2.24) is 5.48 Å². The Hall–Kier alpha value is -2.59. The topological polar surface area (TPSA) is 114 Å². The van der Waals surface area contributed by atoms with E-state index in [9.17, 15) is 9.59 Å². The van der Waals surface area contributed by atoms with Crippen LogP contribution in [-0.2, 0) is 0 Å². The number of hydrogen-bond donors (Lipinski definition) is 3. The van der Waals surface area contributed by atoms with Gasteiger partial charge in [0.05, 0.1) is 11.3 Å². The Balaban J connectivity index is 3.30. The van der Waals surface area contributed by atoms with Gasteiger partial charge in [-0.15, -0.1) is 0 Å². The first-order chi connectivity index (χ1) is 8.01. The van der Waals surface area contributed by atoms with Crippen molar-refractivity contribution in [2.75, 3.05) is 11.9 Å². The number of hydrogen-bond acceptors (Lipinski definition) is 4. The Bertz CT molecular complexity index is 507. The Morgan fingerprint density at radius 3 is 2.59 bits per heavy atom. The third-order valence-electron chi connectivity index (χ3n) is 2.13. The van der Waals surface area contributed by atoms with Crippen molar-refractivity contribution in [3.8, 4) is 6.07 Å². The standard InChI is InChI=1S/C10H9N3O4/c1-13(10(15)16)8-4-6(9(14)12-17)2-3-7(8)5-11/h2-4,17H,1H3,(H,12,14)(H,15,16). The Labute approximate surface area is 96.5 Å². The molecule has 1 rings (SSSR count). The molecule has 0 bridgehead atoms. The van der Waals surface area contributed by atoms with Crippen LogP contribution in [-0.4, -0.2) is 29.4 Å². The molecule has 1 aromatic carbocycles. The van der Waals surface area contributed by atoms with Crippen molar-refractivity contribution < 1.29 is 19.9 Å². The molecule has 0 unspecified atom stereocenters. The van der Waals surface area contributed by atoms with Gasteiger partial charge in [-0.2, -0.15) is 5.26 Å². The number of nitrogens with one attached hydrogen (secondary N) is 1. The summed E-state index contributed by atoms with van der Waals surface area (Å²) in [6.45, 7) is 0. The van der Waals surface area contributed by atoms with E-state index in [1.54, 1.807) is 0 Å². The molecular formula is C10H9N3O4. The SMILES string of the molecule is CN(C(=O)O)c1cc(C(=O)NO)ccc1C#N. The Kier molecular flexibility index (Phi) is 3.64. The van der Waals surface area contributed by atoms with Crippen LogP contribution in [0.2, 0.25) is 0 Å². The van der Waals surface area contributed by atoms with Crippen molar-refractivity contribution in [1.29, 1.82) is 5.26 Å². The molecule has 3 N–H and O–H groups in total. The lowest BCUT2D eigenvalue weighted by molar-refractivity contribution is 0.0706. The van der Waals surface area contributed by atoms with Gasteiger partial charge in [-0.3, -0.25) is 14.9 Å². The van der Waals surface area contributed by atoms with Crippen molar-refractivity contribution in [3.63, 3.8) is 0 Å². The van der Waals surface area contributed by atoms with Crippen LogP contribution < -0.4 is 10.4 Å². The molecule has 0 aliphatic carbocycles. The average molecular weight is 235 g/mol. The number of carbonyl (C=O) groups is 2. The van der Waals surface area contributed by atoms with Crippen LogP contribution in [0.25, 0.3) is 0 Å². The summed E-state index contributed by atoms with van der Waals surface area (Å²) in [6.07, 6.45) is -1.26. The summed E-state index contributed by atoms with van der Waals surface area (Å²) < 4.78 is 0. The van der Waals surface area contributed by atoms with E-state index in [0.717, 1.165) is 4.90 Å². The fourth-order valence-corrected chi connectivity index (χ4v) is 1.21. The first-order valence-corrected chi connectivity index (χ1v) is 4.46. The molecule has 0 saturated heterocycles. The number of carboxylic acid groups (broad SMARTS) is 1. The minimum atomic E-state index is -1.26. The van der Waals surface area contributed by atoms with Gasteiger partial charge in [0, 0.05) is 12.6 Å². The first-order valence-electron chi connectivity index (χ1n) is 4.46. The van der Waals surface area contributed by atoms with Gasteiger partial charge in [0.2, 0.25) is 0 Å². The average Bonchev–Trinajstić information content (AvgIpc) is 2.35. The Morgan fingerprint density at radius 1 is 1.47 bits per heavy atom. The van der Waals surface area contributed by atoms with Crippen LogP contribution in [0, 0.1) is 11.3 Å². The summed E-state index contributed by atoms with van der Waals surface area (Å²) in [5.41, 5.74) is 1.66. The van der Waals surface area contributed by atoms with E-state index < -0.39 is 12.0 Å². The molecule has 0 aromatic heterocycles. The molecule has 0 saturated carbocycles. The lowest BCUT2D eigenvalue weighted by atomic mass is 10.1. The summed E-state index contributed by atoms with van der Waals surface area (Å²) in [5, 5.41) is 26.1. The largest absolute Gasteiger partial charge is 0.465 e. The smallest absolute Gasteiger partial charge is 0.411 e. The van der Waals surface area contributed by atoms with Gasteiger partial charge < -0.3 is 5.11 Å². The molecular weight excluding hydrogens is 226 g/mol. The predicted molar refractivity (Wildman–Crippen MR) is 56.8 cm³/mol. The van der Waals surface area contributed by atoms with Crippen LogP contribution in [0.3, 0.4) is 0 Å². The second-order valence-corrected chi connectivity index (χ2v) is 3.13. The monoisotopic (exact) mass is 235 g/mol. The Morgan fingerprint density at radius 2 is 2.12 bits per heavy atom. The zero-order valence-electron chi connectivity index (χ0n) is 8.84. The van der Waals surface area contributed by atoms with Gasteiger partial charge >= 0.3 is 6.09 Å². The van der Waals surface area contributed by atoms with E-state index in [1.807, 2.05) is 6.07 Å². The van der Waals surface area contributed by atoms with Crippen molar-refractivity contribution >= 4 is 17.7 Å². The lowest BCUT2D eigenvalue weighted by Gasteiger charge is -2.15. The second kappa shape index (κ2) is 4.96. The molecule has 0 radical (unpaired) electrons. The van der Waals surface area contributed by atoms with Crippen LogP contribution in [0.15, 0.2) is 18.2 Å². The zero-order valence-corrected chi connectivity index (χ0v) is 8.84. The fraction of sp³-hybridized carbons (Fsp3) is 0.100. The number of benzene rings is 1. The number of carbonyl (C=O) groups excluding carboxylic acids is 1. The minimum Gasteiger partial charge on any atom is -0.465 e. The van der Waals surface area contributed by atoms with E-state index in [2.05, 4.69) is 0 Å². The van der Waals surface area contributed by atoms with Crippen molar-refractivity contribution in [2.45, 2.75) is 0 Å². The second-order valence-electron chi connectivity index (χ2n) is 3.13. The summed E-state index contributed by atoms with van der Waals surface area (Å²) in [4.78, 5) is 22.7. The number of anilines is 1. The predicted octanol–water partition coefficient (Wildman–Crippen LogP) is 0.791. The van der Waals surface area contributed by atoms with E-state index >= 15 is 0 Å². The molecule has 88 valence electrons. The molecule has 0 aliphatic heterocycles. The molecule has 7 heteroatoms. The van der Waals surface area contributed by atoms with Crippen LogP contribution >= 0.6 is 0 Å².